The van der Waals surface area contributed by atoms with E-state index in [4.69, 9.17) is 0 Å². The number of likely N-dealkylation sites (tertiary alicyclic amines) is 2. The smallest absolute Gasteiger partial charge is 0.0791 e. The van der Waals surface area contributed by atoms with Gasteiger partial charge in [0.25, 0.3) is 0 Å². The Morgan fingerprint density at radius 2 is 1.65 bits per heavy atom. The zero-order valence-electron chi connectivity index (χ0n) is 12.8. The first-order valence-corrected chi connectivity index (χ1v) is 8.66. The average molecular weight is 281 g/mol. The highest BCUT2D eigenvalue weighted by molar-refractivity contribution is 4.83. The van der Waals surface area contributed by atoms with Crippen molar-refractivity contribution in [2.75, 3.05) is 45.8 Å². The summed E-state index contributed by atoms with van der Waals surface area (Å²) in [7, 11) is 0. The predicted octanol–water partition coefficient (Wildman–Crippen LogP) is 0.907. The van der Waals surface area contributed by atoms with Gasteiger partial charge < -0.3 is 20.2 Å². The van der Waals surface area contributed by atoms with E-state index in [-0.39, 0.29) is 6.10 Å². The Kier molecular flexibility index (Phi) is 5.32. The minimum absolute atomic E-state index is 0.189. The first-order chi connectivity index (χ1) is 9.79. The fourth-order valence-electron chi connectivity index (χ4n) is 3.63. The average Bonchev–Trinajstić information content (AvgIpc) is 3.15. The highest BCUT2D eigenvalue weighted by Gasteiger charge is 2.25. The Morgan fingerprint density at radius 1 is 0.950 bits per heavy atom. The fraction of sp³-hybridized carbons (Fsp3) is 1.00. The molecule has 4 nitrogen and oxygen atoms in total. The number of hydrogen-bond donors (Lipinski definition) is 2. The van der Waals surface area contributed by atoms with Gasteiger partial charge >= 0.3 is 0 Å². The van der Waals surface area contributed by atoms with Crippen LogP contribution in [0.15, 0.2) is 0 Å². The van der Waals surface area contributed by atoms with Crippen LogP contribution in [0.1, 0.15) is 38.5 Å². The van der Waals surface area contributed by atoms with Crippen molar-refractivity contribution in [3.8, 4) is 0 Å². The quantitative estimate of drug-likeness (QED) is 0.727. The maximum absolute atomic E-state index is 10.1. The van der Waals surface area contributed by atoms with Crippen LogP contribution in [0.3, 0.4) is 0 Å². The number of nitrogens with zero attached hydrogens (tertiary/aromatic N) is 2. The summed E-state index contributed by atoms with van der Waals surface area (Å²) in [5.74, 6) is 0.895. The largest absolute Gasteiger partial charge is 0.390 e. The van der Waals surface area contributed by atoms with E-state index >= 15 is 0 Å². The van der Waals surface area contributed by atoms with Crippen molar-refractivity contribution in [3.05, 3.63) is 0 Å². The van der Waals surface area contributed by atoms with Crippen LogP contribution in [0.5, 0.6) is 0 Å². The van der Waals surface area contributed by atoms with Crippen LogP contribution in [-0.2, 0) is 0 Å². The Labute approximate surface area is 123 Å². The monoisotopic (exact) mass is 281 g/mol. The molecule has 0 aromatic rings. The second kappa shape index (κ2) is 7.21. The van der Waals surface area contributed by atoms with Gasteiger partial charge in [-0.25, -0.2) is 0 Å². The number of aliphatic hydroxyl groups excluding tert-OH is 1. The van der Waals surface area contributed by atoms with Crippen LogP contribution in [0.25, 0.3) is 0 Å². The van der Waals surface area contributed by atoms with E-state index in [0.717, 1.165) is 19.0 Å². The van der Waals surface area contributed by atoms with Crippen LogP contribution in [0, 0.1) is 5.92 Å². The summed E-state index contributed by atoms with van der Waals surface area (Å²) in [5.41, 5.74) is 0. The van der Waals surface area contributed by atoms with E-state index in [1.165, 1.54) is 71.2 Å². The Bertz CT molecular complexity index is 281. The lowest BCUT2D eigenvalue weighted by Gasteiger charge is -2.34. The van der Waals surface area contributed by atoms with Gasteiger partial charge in [0.1, 0.15) is 0 Å². The third-order valence-corrected chi connectivity index (χ3v) is 5.11. The summed E-state index contributed by atoms with van der Waals surface area (Å²) in [6.07, 6.45) is 7.85. The Hall–Kier alpha value is -0.160. The van der Waals surface area contributed by atoms with Gasteiger partial charge in [0.05, 0.1) is 6.10 Å². The van der Waals surface area contributed by atoms with Crippen molar-refractivity contribution >= 4 is 0 Å². The third kappa shape index (κ3) is 4.69. The molecular weight excluding hydrogens is 250 g/mol. The van der Waals surface area contributed by atoms with E-state index in [2.05, 4.69) is 15.1 Å². The molecule has 0 aromatic carbocycles. The molecule has 2 N–H and O–H groups in total. The number of aliphatic hydroxyl groups is 1. The molecule has 3 aliphatic rings. The van der Waals surface area contributed by atoms with Gasteiger partial charge in [0, 0.05) is 25.7 Å². The summed E-state index contributed by atoms with van der Waals surface area (Å²) in [6, 6.07) is 0.704. The molecular formula is C16H31N3O. The van der Waals surface area contributed by atoms with Crippen LogP contribution in [0.4, 0.5) is 0 Å². The normalized spacial score (nSPS) is 28.1. The molecule has 3 rings (SSSR count). The van der Waals surface area contributed by atoms with Crippen LogP contribution in [-0.4, -0.2) is 72.9 Å². The van der Waals surface area contributed by atoms with E-state index in [1.807, 2.05) is 0 Å². The van der Waals surface area contributed by atoms with Crippen LogP contribution < -0.4 is 5.32 Å². The highest BCUT2D eigenvalue weighted by Crippen LogP contribution is 2.21. The Balaban J connectivity index is 1.28. The molecule has 0 radical (unpaired) electrons. The van der Waals surface area contributed by atoms with Gasteiger partial charge in [-0.05, 0) is 70.6 Å². The third-order valence-electron chi connectivity index (χ3n) is 5.11. The molecule has 20 heavy (non-hydrogen) atoms. The lowest BCUT2D eigenvalue weighted by molar-refractivity contribution is 0.0824. The number of piperidine rings is 1. The lowest BCUT2D eigenvalue weighted by Crippen LogP contribution is -2.44. The number of nitrogens with one attached hydrogen (secondary N) is 1. The maximum atomic E-state index is 10.1. The summed E-state index contributed by atoms with van der Waals surface area (Å²) >= 11 is 0. The number of β-amino-alcohol motifs (C(OH)–C–C–N with tert-alkyl or cyclic N) is 1. The molecule has 0 aromatic heterocycles. The fourth-order valence-corrected chi connectivity index (χ4v) is 3.63. The molecule has 2 saturated heterocycles. The summed E-state index contributed by atoms with van der Waals surface area (Å²) < 4.78 is 0. The Morgan fingerprint density at radius 3 is 2.30 bits per heavy atom. The molecule has 2 aliphatic heterocycles. The van der Waals surface area contributed by atoms with Gasteiger partial charge in [-0.2, -0.15) is 0 Å². The molecule has 1 aliphatic carbocycles. The van der Waals surface area contributed by atoms with Crippen molar-refractivity contribution in [2.45, 2.75) is 50.7 Å². The summed E-state index contributed by atoms with van der Waals surface area (Å²) in [5, 5.41) is 13.5. The van der Waals surface area contributed by atoms with Crippen molar-refractivity contribution in [1.29, 1.82) is 0 Å². The molecule has 116 valence electrons. The van der Waals surface area contributed by atoms with Gasteiger partial charge in [-0.1, -0.05) is 0 Å². The second-order valence-electron chi connectivity index (χ2n) is 7.09. The minimum Gasteiger partial charge on any atom is -0.390 e. The SMILES string of the molecule is OC(CNC1CC1)CN1CCC(CN2CCCC2)CC1. The molecule has 3 fully saturated rings. The molecule has 0 amide bonds. The van der Waals surface area contributed by atoms with Gasteiger partial charge in [-0.3, -0.25) is 0 Å². The highest BCUT2D eigenvalue weighted by atomic mass is 16.3. The molecule has 0 bridgehead atoms. The molecule has 2 heterocycles. The molecule has 1 atom stereocenters. The predicted molar refractivity (Wildman–Crippen MR) is 81.9 cm³/mol. The lowest BCUT2D eigenvalue weighted by atomic mass is 9.96. The van der Waals surface area contributed by atoms with Crippen LogP contribution >= 0.6 is 0 Å². The maximum Gasteiger partial charge on any atom is 0.0791 e. The first-order valence-electron chi connectivity index (χ1n) is 8.66. The van der Waals surface area contributed by atoms with Crippen molar-refractivity contribution in [3.63, 3.8) is 0 Å². The van der Waals surface area contributed by atoms with E-state index in [1.54, 1.807) is 0 Å². The van der Waals surface area contributed by atoms with Gasteiger partial charge in [0.15, 0.2) is 0 Å². The van der Waals surface area contributed by atoms with E-state index in [0.29, 0.717) is 6.04 Å². The minimum atomic E-state index is -0.189. The summed E-state index contributed by atoms with van der Waals surface area (Å²) in [6.45, 7) is 7.96. The standard InChI is InChI=1S/C16H31N3O/c20-16(11-17-15-3-4-15)13-19-9-5-14(6-10-19)12-18-7-1-2-8-18/h14-17,20H,1-13H2. The molecule has 4 heteroatoms. The van der Waals surface area contributed by atoms with E-state index < -0.39 is 0 Å². The van der Waals surface area contributed by atoms with Crippen LogP contribution in [0.2, 0.25) is 0 Å². The number of hydrogen-bond acceptors (Lipinski definition) is 4. The molecule has 1 saturated carbocycles. The van der Waals surface area contributed by atoms with Gasteiger partial charge in [0.2, 0.25) is 0 Å². The number of rotatable bonds is 7. The topological polar surface area (TPSA) is 38.7 Å². The van der Waals surface area contributed by atoms with Crippen molar-refractivity contribution in [2.24, 2.45) is 5.92 Å². The zero-order valence-corrected chi connectivity index (χ0v) is 12.8. The molecule has 0 spiro atoms. The summed E-state index contributed by atoms with van der Waals surface area (Å²) in [4.78, 5) is 5.11. The second-order valence-corrected chi connectivity index (χ2v) is 7.09. The van der Waals surface area contributed by atoms with E-state index in [9.17, 15) is 5.11 Å². The van der Waals surface area contributed by atoms with Crippen molar-refractivity contribution in [1.82, 2.24) is 15.1 Å². The molecule has 1 unspecified atom stereocenters. The van der Waals surface area contributed by atoms with Crippen molar-refractivity contribution < 1.29 is 5.11 Å². The zero-order chi connectivity index (χ0) is 13.8. The van der Waals surface area contributed by atoms with Gasteiger partial charge in [-0.15, -0.1) is 0 Å². The first kappa shape index (κ1) is 14.8.